The van der Waals surface area contributed by atoms with Crippen molar-refractivity contribution in [1.29, 1.82) is 0 Å². The molecule has 1 aliphatic heterocycles. The molecule has 2 rings (SSSR count). The number of anilines is 1. The second-order valence-corrected chi connectivity index (χ2v) is 5.79. The van der Waals surface area contributed by atoms with Crippen LogP contribution in [0.1, 0.15) is 38.7 Å². The second-order valence-electron chi connectivity index (χ2n) is 5.79. The fourth-order valence-corrected chi connectivity index (χ4v) is 2.69. The van der Waals surface area contributed by atoms with E-state index in [-0.39, 0.29) is 12.1 Å². The number of nitrogens with two attached hydrogens (primary N) is 1. The third kappa shape index (κ3) is 2.96. The first-order valence-corrected chi connectivity index (χ1v) is 7.42. The van der Waals surface area contributed by atoms with E-state index in [0.29, 0.717) is 12.5 Å². The summed E-state index contributed by atoms with van der Waals surface area (Å²) in [6.45, 7) is 8.56. The molecule has 1 saturated heterocycles. The molecule has 1 atom stereocenters. The quantitative estimate of drug-likeness (QED) is 0.898. The molecule has 1 fully saturated rings. The van der Waals surface area contributed by atoms with Crippen LogP contribution in [0.5, 0.6) is 0 Å². The van der Waals surface area contributed by atoms with Crippen LogP contribution < -0.4 is 10.6 Å². The number of amides is 2. The third-order valence-electron chi connectivity index (χ3n) is 4.02. The smallest absolute Gasteiger partial charge is 0.324 e. The second kappa shape index (κ2) is 6.27. The molecule has 4 heteroatoms. The molecule has 0 aliphatic carbocycles. The maximum absolute atomic E-state index is 12.4. The zero-order valence-electron chi connectivity index (χ0n) is 12.7. The Morgan fingerprint density at radius 3 is 2.60 bits per heavy atom. The summed E-state index contributed by atoms with van der Waals surface area (Å²) in [6.07, 6.45) is 0.968. The standard InChI is InChI=1S/C16H25N3O/c1-12(2)18-9-10-19(16(18)20)15-6-4-5-14(11-15)13(3)7-8-17/h4-6,11-13H,7-10,17H2,1-3H3. The normalized spacial score (nSPS) is 17.1. The summed E-state index contributed by atoms with van der Waals surface area (Å²) in [5.74, 6) is 0.429. The molecule has 0 aromatic heterocycles. The van der Waals surface area contributed by atoms with Gasteiger partial charge in [0.2, 0.25) is 0 Å². The fraction of sp³-hybridized carbons (Fsp3) is 0.562. The molecule has 0 bridgehead atoms. The Bertz CT molecular complexity index is 473. The molecule has 1 aromatic carbocycles. The van der Waals surface area contributed by atoms with Gasteiger partial charge in [0.25, 0.3) is 0 Å². The number of carbonyl (C=O) groups excluding carboxylic acids is 1. The highest BCUT2D eigenvalue weighted by atomic mass is 16.2. The van der Waals surface area contributed by atoms with Crippen molar-refractivity contribution in [3.05, 3.63) is 29.8 Å². The van der Waals surface area contributed by atoms with Crippen LogP contribution in [0.15, 0.2) is 24.3 Å². The van der Waals surface area contributed by atoms with Crippen LogP contribution in [0.3, 0.4) is 0 Å². The largest absolute Gasteiger partial charge is 0.330 e. The van der Waals surface area contributed by atoms with Crippen molar-refractivity contribution in [2.75, 3.05) is 24.5 Å². The minimum Gasteiger partial charge on any atom is -0.330 e. The maximum atomic E-state index is 12.4. The maximum Gasteiger partial charge on any atom is 0.324 e. The van der Waals surface area contributed by atoms with Crippen molar-refractivity contribution in [2.24, 2.45) is 5.73 Å². The average Bonchev–Trinajstić information content (AvgIpc) is 2.81. The van der Waals surface area contributed by atoms with Crippen LogP contribution >= 0.6 is 0 Å². The van der Waals surface area contributed by atoms with Gasteiger partial charge in [-0.2, -0.15) is 0 Å². The van der Waals surface area contributed by atoms with Gasteiger partial charge in [-0.3, -0.25) is 4.90 Å². The molecule has 4 nitrogen and oxygen atoms in total. The molecule has 0 saturated carbocycles. The summed E-state index contributed by atoms with van der Waals surface area (Å²) in [7, 11) is 0. The first-order valence-electron chi connectivity index (χ1n) is 7.42. The van der Waals surface area contributed by atoms with Gasteiger partial charge in [-0.15, -0.1) is 0 Å². The monoisotopic (exact) mass is 275 g/mol. The molecule has 1 unspecified atom stereocenters. The van der Waals surface area contributed by atoms with Crippen LogP contribution in [0.25, 0.3) is 0 Å². The lowest BCUT2D eigenvalue weighted by Gasteiger charge is -2.22. The predicted octanol–water partition coefficient (Wildman–Crippen LogP) is 2.79. The highest BCUT2D eigenvalue weighted by Crippen LogP contribution is 2.26. The van der Waals surface area contributed by atoms with E-state index in [2.05, 4.69) is 32.9 Å². The van der Waals surface area contributed by atoms with Crippen LogP contribution in [0, 0.1) is 0 Å². The van der Waals surface area contributed by atoms with Crippen LogP contribution in [0.4, 0.5) is 10.5 Å². The lowest BCUT2D eigenvalue weighted by molar-refractivity contribution is 0.209. The average molecular weight is 275 g/mol. The van der Waals surface area contributed by atoms with Gasteiger partial charge in [0.1, 0.15) is 0 Å². The Morgan fingerprint density at radius 1 is 1.25 bits per heavy atom. The molecular weight excluding hydrogens is 250 g/mol. The van der Waals surface area contributed by atoms with E-state index in [9.17, 15) is 4.79 Å². The SMILES string of the molecule is CC(CCN)c1cccc(N2CCN(C(C)C)C2=O)c1. The van der Waals surface area contributed by atoms with E-state index in [0.717, 1.165) is 25.2 Å². The van der Waals surface area contributed by atoms with E-state index in [4.69, 9.17) is 5.73 Å². The Hall–Kier alpha value is -1.55. The summed E-state index contributed by atoms with van der Waals surface area (Å²) in [5, 5.41) is 0. The molecule has 1 heterocycles. The van der Waals surface area contributed by atoms with Gasteiger partial charge < -0.3 is 10.6 Å². The first-order chi connectivity index (χ1) is 9.54. The zero-order chi connectivity index (χ0) is 14.7. The van der Waals surface area contributed by atoms with E-state index >= 15 is 0 Å². The van der Waals surface area contributed by atoms with E-state index in [1.807, 2.05) is 21.9 Å². The molecule has 0 spiro atoms. The van der Waals surface area contributed by atoms with Crippen LogP contribution in [-0.4, -0.2) is 36.6 Å². The number of rotatable bonds is 5. The minimum absolute atomic E-state index is 0.114. The number of urea groups is 1. The van der Waals surface area contributed by atoms with Crippen molar-refractivity contribution >= 4 is 11.7 Å². The predicted molar refractivity (Wildman–Crippen MR) is 83.1 cm³/mol. The zero-order valence-corrected chi connectivity index (χ0v) is 12.7. The summed E-state index contributed by atoms with van der Waals surface area (Å²) in [5.41, 5.74) is 7.88. The fourth-order valence-electron chi connectivity index (χ4n) is 2.69. The van der Waals surface area contributed by atoms with Gasteiger partial charge in [-0.05, 0) is 50.4 Å². The summed E-state index contributed by atoms with van der Waals surface area (Å²) in [6, 6.07) is 8.66. The highest BCUT2D eigenvalue weighted by Gasteiger charge is 2.31. The Kier molecular flexibility index (Phi) is 4.65. The summed E-state index contributed by atoms with van der Waals surface area (Å²) >= 11 is 0. The topological polar surface area (TPSA) is 49.6 Å². The van der Waals surface area contributed by atoms with Gasteiger partial charge in [0, 0.05) is 24.8 Å². The molecule has 0 radical (unpaired) electrons. The molecule has 1 aliphatic rings. The number of benzene rings is 1. The van der Waals surface area contributed by atoms with Gasteiger partial charge in [-0.25, -0.2) is 4.79 Å². The van der Waals surface area contributed by atoms with Gasteiger partial charge in [-0.1, -0.05) is 19.1 Å². The van der Waals surface area contributed by atoms with E-state index in [1.54, 1.807) is 0 Å². The lowest BCUT2D eigenvalue weighted by atomic mass is 9.97. The molecule has 110 valence electrons. The number of carbonyl (C=O) groups is 1. The molecular formula is C16H25N3O. The van der Waals surface area contributed by atoms with Crippen LogP contribution in [0.2, 0.25) is 0 Å². The number of hydrogen-bond donors (Lipinski definition) is 1. The molecule has 1 aromatic rings. The Morgan fingerprint density at radius 2 is 2.00 bits per heavy atom. The van der Waals surface area contributed by atoms with Crippen molar-refractivity contribution < 1.29 is 4.79 Å². The lowest BCUT2D eigenvalue weighted by Crippen LogP contribution is -2.36. The Balaban J connectivity index is 2.18. The third-order valence-corrected chi connectivity index (χ3v) is 4.02. The minimum atomic E-state index is 0.114. The van der Waals surface area contributed by atoms with Crippen LogP contribution in [-0.2, 0) is 0 Å². The van der Waals surface area contributed by atoms with Crippen molar-refractivity contribution in [1.82, 2.24) is 4.90 Å². The first kappa shape index (κ1) is 14.9. The van der Waals surface area contributed by atoms with Crippen molar-refractivity contribution in [3.63, 3.8) is 0 Å². The van der Waals surface area contributed by atoms with Gasteiger partial charge >= 0.3 is 6.03 Å². The van der Waals surface area contributed by atoms with E-state index in [1.165, 1.54) is 5.56 Å². The molecule has 20 heavy (non-hydrogen) atoms. The van der Waals surface area contributed by atoms with Gasteiger partial charge in [0.05, 0.1) is 0 Å². The Labute approximate surface area is 121 Å². The van der Waals surface area contributed by atoms with E-state index < -0.39 is 0 Å². The van der Waals surface area contributed by atoms with Crippen molar-refractivity contribution in [3.8, 4) is 0 Å². The number of hydrogen-bond acceptors (Lipinski definition) is 2. The summed E-state index contributed by atoms with van der Waals surface area (Å²) < 4.78 is 0. The van der Waals surface area contributed by atoms with Crippen molar-refractivity contribution in [2.45, 2.75) is 39.2 Å². The summed E-state index contributed by atoms with van der Waals surface area (Å²) in [4.78, 5) is 16.2. The molecule has 2 amide bonds. The van der Waals surface area contributed by atoms with Gasteiger partial charge in [0.15, 0.2) is 0 Å². The molecule has 2 N–H and O–H groups in total. The highest BCUT2D eigenvalue weighted by molar-refractivity contribution is 5.94. The number of nitrogens with zero attached hydrogens (tertiary/aromatic N) is 2.